The van der Waals surface area contributed by atoms with Gasteiger partial charge in [-0.05, 0) is 45.9 Å². The Kier molecular flexibility index (Phi) is 4.51. The molecule has 1 aliphatic heterocycles. The van der Waals surface area contributed by atoms with E-state index in [0.717, 1.165) is 19.3 Å². The maximum absolute atomic E-state index is 8.55. The standard InChI is InChI=1S/C14H26BNO2/c1-12(2,10-8-7-9-11-16)15-17-13(3,4)14(5,6)18-15/h7-10H2,1-6H3. The third kappa shape index (κ3) is 3.27. The summed E-state index contributed by atoms with van der Waals surface area (Å²) in [6.07, 6.45) is 3.66. The third-order valence-electron chi connectivity index (χ3n) is 4.25. The lowest BCUT2D eigenvalue weighted by molar-refractivity contribution is 0.00578. The summed E-state index contributed by atoms with van der Waals surface area (Å²) in [5, 5.41) is 8.53. The van der Waals surface area contributed by atoms with Crippen molar-refractivity contribution in [1.82, 2.24) is 0 Å². The molecule has 0 amide bonds. The Morgan fingerprint density at radius 3 is 2.00 bits per heavy atom. The molecule has 4 heteroatoms. The van der Waals surface area contributed by atoms with Crippen molar-refractivity contribution in [3.63, 3.8) is 0 Å². The Labute approximate surface area is 112 Å². The number of rotatable bonds is 5. The minimum absolute atomic E-state index is 0.0134. The van der Waals surface area contributed by atoms with E-state index in [1.54, 1.807) is 0 Å². The van der Waals surface area contributed by atoms with Crippen molar-refractivity contribution in [1.29, 1.82) is 5.26 Å². The average Bonchev–Trinajstić information content (AvgIpc) is 2.44. The van der Waals surface area contributed by atoms with Gasteiger partial charge < -0.3 is 9.31 Å². The average molecular weight is 251 g/mol. The van der Waals surface area contributed by atoms with Gasteiger partial charge in [0.05, 0.1) is 17.3 Å². The summed E-state index contributed by atoms with van der Waals surface area (Å²) in [5.74, 6) is 0. The fraction of sp³-hybridized carbons (Fsp3) is 0.929. The largest absolute Gasteiger partial charge is 0.463 e. The molecule has 18 heavy (non-hydrogen) atoms. The summed E-state index contributed by atoms with van der Waals surface area (Å²) in [5.41, 5.74) is -0.525. The summed E-state index contributed by atoms with van der Waals surface area (Å²) < 4.78 is 12.2. The zero-order valence-corrected chi connectivity index (χ0v) is 12.7. The molecule has 0 aliphatic carbocycles. The van der Waals surface area contributed by atoms with Crippen molar-refractivity contribution in [2.45, 2.75) is 83.7 Å². The highest BCUT2D eigenvalue weighted by molar-refractivity contribution is 6.49. The third-order valence-corrected chi connectivity index (χ3v) is 4.25. The minimum Gasteiger partial charge on any atom is -0.403 e. The molecule has 0 aromatic rings. The second-order valence-electron chi connectivity index (χ2n) is 6.94. The topological polar surface area (TPSA) is 42.2 Å². The summed E-state index contributed by atoms with van der Waals surface area (Å²) in [6.45, 7) is 12.7. The van der Waals surface area contributed by atoms with Gasteiger partial charge in [-0.25, -0.2) is 0 Å². The van der Waals surface area contributed by atoms with Crippen molar-refractivity contribution in [3.05, 3.63) is 0 Å². The number of unbranched alkanes of at least 4 members (excludes halogenated alkanes) is 2. The van der Waals surface area contributed by atoms with Crippen LogP contribution in [0.15, 0.2) is 0 Å². The van der Waals surface area contributed by atoms with E-state index in [-0.39, 0.29) is 23.6 Å². The molecule has 1 aliphatic rings. The molecule has 3 nitrogen and oxygen atoms in total. The molecule has 0 radical (unpaired) electrons. The van der Waals surface area contributed by atoms with E-state index in [9.17, 15) is 0 Å². The van der Waals surface area contributed by atoms with E-state index >= 15 is 0 Å². The molecular formula is C14H26BNO2. The zero-order valence-electron chi connectivity index (χ0n) is 12.7. The molecule has 1 saturated heterocycles. The lowest BCUT2D eigenvalue weighted by Gasteiger charge is -2.32. The molecule has 0 aromatic carbocycles. The Bertz CT molecular complexity index is 315. The summed E-state index contributed by atoms with van der Waals surface area (Å²) in [4.78, 5) is 0. The SMILES string of the molecule is CC(C)(CCCCC#N)B1OC(C)(C)C(C)(C)O1. The fourth-order valence-corrected chi connectivity index (χ4v) is 2.06. The van der Waals surface area contributed by atoms with E-state index in [2.05, 4.69) is 47.6 Å². The molecule has 0 spiro atoms. The number of hydrogen-bond donors (Lipinski definition) is 0. The van der Waals surface area contributed by atoms with Crippen LogP contribution in [0.1, 0.15) is 67.2 Å². The van der Waals surface area contributed by atoms with Crippen molar-refractivity contribution < 1.29 is 9.31 Å². The molecule has 0 bridgehead atoms. The molecule has 0 N–H and O–H groups in total. The minimum atomic E-state index is -0.262. The predicted molar refractivity (Wildman–Crippen MR) is 74.2 cm³/mol. The van der Waals surface area contributed by atoms with E-state index in [0.29, 0.717) is 6.42 Å². The van der Waals surface area contributed by atoms with Crippen LogP contribution in [-0.2, 0) is 9.31 Å². The van der Waals surface area contributed by atoms with Crippen LogP contribution in [0.2, 0.25) is 5.31 Å². The van der Waals surface area contributed by atoms with Crippen LogP contribution in [0.5, 0.6) is 0 Å². The van der Waals surface area contributed by atoms with Crippen LogP contribution in [-0.4, -0.2) is 18.3 Å². The van der Waals surface area contributed by atoms with E-state index in [4.69, 9.17) is 14.6 Å². The molecule has 1 heterocycles. The van der Waals surface area contributed by atoms with Crippen LogP contribution < -0.4 is 0 Å². The van der Waals surface area contributed by atoms with Gasteiger partial charge in [0.1, 0.15) is 0 Å². The van der Waals surface area contributed by atoms with Gasteiger partial charge in [0.2, 0.25) is 0 Å². The Morgan fingerprint density at radius 2 is 1.56 bits per heavy atom. The second-order valence-corrected chi connectivity index (χ2v) is 6.94. The quantitative estimate of drug-likeness (QED) is 0.549. The molecule has 0 unspecified atom stereocenters. The lowest BCUT2D eigenvalue weighted by Crippen LogP contribution is -2.41. The highest BCUT2D eigenvalue weighted by atomic mass is 16.7. The first kappa shape index (κ1) is 15.5. The van der Waals surface area contributed by atoms with Gasteiger partial charge in [-0.2, -0.15) is 5.26 Å². The number of nitrogens with zero attached hydrogens (tertiary/aromatic N) is 1. The van der Waals surface area contributed by atoms with Crippen LogP contribution in [0.3, 0.4) is 0 Å². The van der Waals surface area contributed by atoms with E-state index in [1.165, 1.54) is 0 Å². The first-order valence-electron chi connectivity index (χ1n) is 6.85. The highest BCUT2D eigenvalue weighted by Crippen LogP contribution is 2.46. The maximum Gasteiger partial charge on any atom is 0.463 e. The van der Waals surface area contributed by atoms with E-state index < -0.39 is 0 Å². The van der Waals surface area contributed by atoms with Gasteiger partial charge in [-0.3, -0.25) is 0 Å². The predicted octanol–water partition coefficient (Wildman–Crippen LogP) is 3.94. The van der Waals surface area contributed by atoms with E-state index in [1.807, 2.05) is 0 Å². The van der Waals surface area contributed by atoms with Crippen LogP contribution in [0, 0.1) is 11.3 Å². The van der Waals surface area contributed by atoms with Crippen molar-refractivity contribution in [2.75, 3.05) is 0 Å². The van der Waals surface area contributed by atoms with Crippen molar-refractivity contribution >= 4 is 7.12 Å². The molecular weight excluding hydrogens is 225 g/mol. The number of nitriles is 1. The maximum atomic E-state index is 8.55. The zero-order chi connectivity index (χ0) is 14.0. The van der Waals surface area contributed by atoms with Crippen LogP contribution >= 0.6 is 0 Å². The summed E-state index contributed by atoms with van der Waals surface area (Å²) >= 11 is 0. The monoisotopic (exact) mass is 251 g/mol. The molecule has 0 aromatic heterocycles. The number of hydrogen-bond acceptors (Lipinski definition) is 3. The Balaban J connectivity index is 2.57. The van der Waals surface area contributed by atoms with Gasteiger partial charge in [0.15, 0.2) is 0 Å². The fourth-order valence-electron chi connectivity index (χ4n) is 2.06. The first-order valence-corrected chi connectivity index (χ1v) is 6.85. The molecule has 1 fully saturated rings. The lowest BCUT2D eigenvalue weighted by atomic mass is 9.57. The highest BCUT2D eigenvalue weighted by Gasteiger charge is 2.56. The smallest absolute Gasteiger partial charge is 0.403 e. The summed E-state index contributed by atoms with van der Waals surface area (Å²) in [7, 11) is -0.162. The molecule has 1 rings (SSSR count). The van der Waals surface area contributed by atoms with Gasteiger partial charge >= 0.3 is 7.12 Å². The van der Waals surface area contributed by atoms with Gasteiger partial charge in [-0.1, -0.05) is 20.3 Å². The Hall–Kier alpha value is -0.525. The van der Waals surface area contributed by atoms with Crippen LogP contribution in [0.4, 0.5) is 0 Å². The van der Waals surface area contributed by atoms with Gasteiger partial charge in [0, 0.05) is 6.42 Å². The van der Waals surface area contributed by atoms with Crippen LogP contribution in [0.25, 0.3) is 0 Å². The summed E-state index contributed by atoms with van der Waals surface area (Å²) in [6, 6.07) is 2.19. The molecule has 0 saturated carbocycles. The van der Waals surface area contributed by atoms with Gasteiger partial charge in [0.25, 0.3) is 0 Å². The molecule has 102 valence electrons. The van der Waals surface area contributed by atoms with Crippen molar-refractivity contribution in [3.8, 4) is 6.07 Å². The first-order chi connectivity index (χ1) is 8.12. The van der Waals surface area contributed by atoms with Gasteiger partial charge in [-0.15, -0.1) is 0 Å². The molecule has 0 atom stereocenters. The normalized spacial score (nSPS) is 21.9. The second kappa shape index (κ2) is 5.23. The Morgan fingerprint density at radius 1 is 1.06 bits per heavy atom. The van der Waals surface area contributed by atoms with Crippen molar-refractivity contribution in [2.24, 2.45) is 0 Å².